The Kier molecular flexibility index (Phi) is 4.89. The Morgan fingerprint density at radius 1 is 1.04 bits per heavy atom. The Morgan fingerprint density at radius 3 is 2.54 bits per heavy atom. The average Bonchev–Trinajstić information content (AvgIpc) is 2.73. The SMILES string of the molecule is O=C(NCc1ccccc1)c1ccc2c(c1)C[C@@H](c1ccc(F)cc1)OC2=O. The summed E-state index contributed by atoms with van der Waals surface area (Å²) in [5, 5.41) is 2.89. The molecule has 5 heteroatoms. The van der Waals surface area contributed by atoms with Crippen LogP contribution in [0.2, 0.25) is 0 Å². The maximum Gasteiger partial charge on any atom is 0.339 e. The van der Waals surface area contributed by atoms with Gasteiger partial charge in [0.25, 0.3) is 5.91 Å². The highest BCUT2D eigenvalue weighted by Gasteiger charge is 2.28. The summed E-state index contributed by atoms with van der Waals surface area (Å²) >= 11 is 0. The van der Waals surface area contributed by atoms with Gasteiger partial charge in [-0.25, -0.2) is 9.18 Å². The molecule has 0 fully saturated rings. The summed E-state index contributed by atoms with van der Waals surface area (Å²) < 4.78 is 18.6. The molecule has 1 aliphatic heterocycles. The van der Waals surface area contributed by atoms with E-state index in [4.69, 9.17) is 4.74 Å². The molecule has 1 atom stereocenters. The van der Waals surface area contributed by atoms with Gasteiger partial charge >= 0.3 is 5.97 Å². The molecule has 0 aromatic heterocycles. The van der Waals surface area contributed by atoms with Crippen LogP contribution in [0.1, 0.15) is 43.5 Å². The van der Waals surface area contributed by atoms with Crippen LogP contribution in [0, 0.1) is 5.82 Å². The standard InChI is InChI=1S/C23H18FNO3/c24-19-9-6-16(7-10-19)21-13-18-12-17(8-11-20(18)23(27)28-21)22(26)25-14-15-4-2-1-3-5-15/h1-12,21H,13-14H2,(H,25,26)/t21-/m0/s1. The predicted molar refractivity (Wildman–Crippen MR) is 102 cm³/mol. The number of rotatable bonds is 4. The van der Waals surface area contributed by atoms with E-state index in [0.717, 1.165) is 16.7 Å². The van der Waals surface area contributed by atoms with Crippen LogP contribution in [0.25, 0.3) is 0 Å². The molecule has 0 unspecified atom stereocenters. The molecule has 0 saturated heterocycles. The summed E-state index contributed by atoms with van der Waals surface area (Å²) in [6, 6.07) is 20.5. The van der Waals surface area contributed by atoms with Gasteiger partial charge in [0.1, 0.15) is 11.9 Å². The number of nitrogens with one attached hydrogen (secondary N) is 1. The van der Waals surface area contributed by atoms with E-state index in [1.54, 1.807) is 30.3 Å². The van der Waals surface area contributed by atoms with Crippen molar-refractivity contribution in [3.8, 4) is 0 Å². The summed E-state index contributed by atoms with van der Waals surface area (Å²) in [6.07, 6.45) is -0.0600. The summed E-state index contributed by atoms with van der Waals surface area (Å²) in [5.41, 5.74) is 3.42. The Hall–Kier alpha value is -3.47. The third-order valence-corrected chi connectivity index (χ3v) is 4.78. The second-order valence-electron chi connectivity index (χ2n) is 6.69. The number of cyclic esters (lactones) is 1. The number of fused-ring (bicyclic) bond motifs is 1. The number of esters is 1. The third kappa shape index (κ3) is 3.78. The van der Waals surface area contributed by atoms with Crippen LogP contribution < -0.4 is 5.32 Å². The molecule has 1 N–H and O–H groups in total. The molecule has 1 amide bonds. The Labute approximate surface area is 162 Å². The highest BCUT2D eigenvalue weighted by Crippen LogP contribution is 2.31. The first kappa shape index (κ1) is 17.9. The minimum atomic E-state index is -0.497. The first-order valence-electron chi connectivity index (χ1n) is 9.01. The van der Waals surface area contributed by atoms with Crippen LogP contribution in [-0.2, 0) is 17.7 Å². The number of halogens is 1. The fourth-order valence-electron chi connectivity index (χ4n) is 3.28. The second kappa shape index (κ2) is 7.64. The van der Waals surface area contributed by atoms with E-state index < -0.39 is 12.1 Å². The first-order valence-corrected chi connectivity index (χ1v) is 9.01. The normalized spacial score (nSPS) is 15.5. The molecule has 28 heavy (non-hydrogen) atoms. The fourth-order valence-corrected chi connectivity index (χ4v) is 3.28. The van der Waals surface area contributed by atoms with Crippen LogP contribution >= 0.6 is 0 Å². The number of benzene rings is 3. The van der Waals surface area contributed by atoms with Crippen molar-refractivity contribution in [2.24, 2.45) is 0 Å². The monoisotopic (exact) mass is 375 g/mol. The number of carbonyl (C=O) groups excluding carboxylic acids is 2. The lowest BCUT2D eigenvalue weighted by atomic mass is 9.93. The van der Waals surface area contributed by atoms with Gasteiger partial charge in [0, 0.05) is 18.5 Å². The molecule has 0 spiro atoms. The van der Waals surface area contributed by atoms with E-state index in [1.165, 1.54) is 12.1 Å². The van der Waals surface area contributed by atoms with Crippen LogP contribution in [0.4, 0.5) is 4.39 Å². The minimum absolute atomic E-state index is 0.205. The van der Waals surface area contributed by atoms with Crippen molar-refractivity contribution in [3.05, 3.63) is 106 Å². The third-order valence-electron chi connectivity index (χ3n) is 4.78. The molecule has 4 nitrogen and oxygen atoms in total. The zero-order chi connectivity index (χ0) is 19.5. The lowest BCUT2D eigenvalue weighted by Gasteiger charge is -2.25. The van der Waals surface area contributed by atoms with Gasteiger partial charge in [-0.2, -0.15) is 0 Å². The van der Waals surface area contributed by atoms with Crippen molar-refractivity contribution >= 4 is 11.9 Å². The van der Waals surface area contributed by atoms with Crippen molar-refractivity contribution in [1.29, 1.82) is 0 Å². The van der Waals surface area contributed by atoms with Crippen molar-refractivity contribution in [2.45, 2.75) is 19.1 Å². The van der Waals surface area contributed by atoms with E-state index in [0.29, 0.717) is 24.1 Å². The topological polar surface area (TPSA) is 55.4 Å². The number of carbonyl (C=O) groups is 2. The van der Waals surface area contributed by atoms with Crippen LogP contribution in [0.3, 0.4) is 0 Å². The molecule has 1 aliphatic rings. The molecule has 0 aliphatic carbocycles. The van der Waals surface area contributed by atoms with Gasteiger partial charge in [0.2, 0.25) is 0 Å². The molecule has 0 radical (unpaired) electrons. The van der Waals surface area contributed by atoms with Gasteiger partial charge in [-0.1, -0.05) is 42.5 Å². The maximum atomic E-state index is 13.2. The molecule has 3 aromatic rings. The lowest BCUT2D eigenvalue weighted by Crippen LogP contribution is -2.25. The fraction of sp³-hybridized carbons (Fsp3) is 0.130. The van der Waals surface area contributed by atoms with Crippen molar-refractivity contribution in [3.63, 3.8) is 0 Å². The molecular weight excluding hydrogens is 357 g/mol. The number of hydrogen-bond donors (Lipinski definition) is 1. The van der Waals surface area contributed by atoms with E-state index >= 15 is 0 Å². The van der Waals surface area contributed by atoms with Crippen LogP contribution in [0.15, 0.2) is 72.8 Å². The van der Waals surface area contributed by atoms with Gasteiger partial charge < -0.3 is 10.1 Å². The van der Waals surface area contributed by atoms with E-state index in [1.807, 2.05) is 30.3 Å². The highest BCUT2D eigenvalue weighted by atomic mass is 19.1. The zero-order valence-electron chi connectivity index (χ0n) is 15.0. The average molecular weight is 375 g/mol. The Balaban J connectivity index is 1.52. The molecule has 0 saturated carbocycles. The van der Waals surface area contributed by atoms with Gasteiger partial charge in [-0.15, -0.1) is 0 Å². The maximum absolute atomic E-state index is 13.2. The number of amides is 1. The van der Waals surface area contributed by atoms with Gasteiger partial charge in [0.05, 0.1) is 5.56 Å². The number of hydrogen-bond acceptors (Lipinski definition) is 3. The minimum Gasteiger partial charge on any atom is -0.454 e. The molecular formula is C23H18FNO3. The first-order chi connectivity index (χ1) is 13.6. The van der Waals surface area contributed by atoms with Crippen LogP contribution in [-0.4, -0.2) is 11.9 Å². The number of ether oxygens (including phenoxy) is 1. The van der Waals surface area contributed by atoms with Crippen LogP contribution in [0.5, 0.6) is 0 Å². The Bertz CT molecular complexity index is 1020. The summed E-state index contributed by atoms with van der Waals surface area (Å²) in [5.74, 6) is -0.987. The summed E-state index contributed by atoms with van der Waals surface area (Å²) in [7, 11) is 0. The molecule has 140 valence electrons. The van der Waals surface area contributed by atoms with E-state index in [2.05, 4.69) is 5.32 Å². The lowest BCUT2D eigenvalue weighted by molar-refractivity contribution is 0.0252. The van der Waals surface area contributed by atoms with Gasteiger partial charge in [0.15, 0.2) is 0 Å². The van der Waals surface area contributed by atoms with E-state index in [9.17, 15) is 14.0 Å². The zero-order valence-corrected chi connectivity index (χ0v) is 15.0. The molecule has 3 aromatic carbocycles. The molecule has 4 rings (SSSR count). The molecule has 1 heterocycles. The summed E-state index contributed by atoms with van der Waals surface area (Å²) in [4.78, 5) is 24.8. The van der Waals surface area contributed by atoms with Gasteiger partial charge in [-0.05, 0) is 47.0 Å². The van der Waals surface area contributed by atoms with E-state index in [-0.39, 0.29) is 11.7 Å². The predicted octanol–water partition coefficient (Wildman–Crippen LogP) is 4.21. The quantitative estimate of drug-likeness (QED) is 0.695. The smallest absolute Gasteiger partial charge is 0.339 e. The van der Waals surface area contributed by atoms with Gasteiger partial charge in [-0.3, -0.25) is 4.79 Å². The summed E-state index contributed by atoms with van der Waals surface area (Å²) in [6.45, 7) is 0.428. The Morgan fingerprint density at radius 2 is 1.79 bits per heavy atom. The largest absolute Gasteiger partial charge is 0.454 e. The van der Waals surface area contributed by atoms with Crippen molar-refractivity contribution < 1.29 is 18.7 Å². The highest BCUT2D eigenvalue weighted by molar-refractivity contribution is 5.97. The van der Waals surface area contributed by atoms with Crippen molar-refractivity contribution in [2.75, 3.05) is 0 Å². The van der Waals surface area contributed by atoms with Crippen molar-refractivity contribution in [1.82, 2.24) is 5.32 Å². The molecule has 0 bridgehead atoms. The second-order valence-corrected chi connectivity index (χ2v) is 6.69.